The van der Waals surface area contributed by atoms with Gasteiger partial charge in [0.15, 0.2) is 0 Å². The van der Waals surface area contributed by atoms with Crippen LogP contribution in [-0.2, 0) is 24.6 Å². The van der Waals surface area contributed by atoms with Crippen LogP contribution in [0.15, 0.2) is 60.7 Å². The van der Waals surface area contributed by atoms with E-state index >= 15 is 0 Å². The molecule has 0 aliphatic rings. The molecule has 0 nitrogen and oxygen atoms in total. The first-order valence-electron chi connectivity index (χ1n) is 9.28. The Morgan fingerprint density at radius 3 is 1.65 bits per heavy atom. The van der Waals surface area contributed by atoms with E-state index in [1.165, 1.54) is 11.1 Å². The van der Waals surface area contributed by atoms with Crippen molar-refractivity contribution in [3.8, 4) is 0 Å². The zero-order valence-electron chi connectivity index (χ0n) is 16.4. The maximum atomic E-state index is 6.33. The van der Waals surface area contributed by atoms with Gasteiger partial charge >= 0.3 is 0 Å². The zero-order valence-corrected chi connectivity index (χ0v) is 19.7. The van der Waals surface area contributed by atoms with Gasteiger partial charge in [0.25, 0.3) is 0 Å². The number of benzene rings is 2. The van der Waals surface area contributed by atoms with E-state index < -0.39 is 5.24 Å². The van der Waals surface area contributed by atoms with Gasteiger partial charge in [-0.25, -0.2) is 0 Å². The van der Waals surface area contributed by atoms with Gasteiger partial charge in [-0.05, 0) is 43.2 Å². The molecule has 0 aromatic heterocycles. The lowest BCUT2D eigenvalue weighted by molar-refractivity contribution is 0.802. The van der Waals surface area contributed by atoms with Gasteiger partial charge in [0, 0.05) is 9.99 Å². The van der Waals surface area contributed by atoms with Gasteiger partial charge in [0.1, 0.15) is 0 Å². The van der Waals surface area contributed by atoms with Crippen molar-refractivity contribution in [3.05, 3.63) is 71.8 Å². The van der Waals surface area contributed by atoms with E-state index in [2.05, 4.69) is 112 Å². The average molecular weight is 423 g/mol. The highest BCUT2D eigenvalue weighted by atomic mass is 32.9. The first kappa shape index (κ1) is 22.1. The van der Waals surface area contributed by atoms with Crippen molar-refractivity contribution in [1.29, 1.82) is 0 Å². The van der Waals surface area contributed by atoms with Crippen molar-refractivity contribution in [2.24, 2.45) is 0 Å². The number of rotatable bonds is 9. The van der Waals surface area contributed by atoms with Gasteiger partial charge in [-0.3, -0.25) is 0 Å². The predicted octanol–water partition coefficient (Wildman–Crippen LogP) is 7.48. The number of hydrogen-bond acceptors (Lipinski definition) is 3. The molecule has 0 aliphatic carbocycles. The standard InChI is InChI=1S/C22H31PS3/c1-19(25-22(2,3)4)26-23(24,17-15-20-11-7-5-8-12-20)18-16-21-13-9-6-10-14-21/h5-14,19H,15-18H2,1-4H3. The molecule has 2 aromatic rings. The van der Waals surface area contributed by atoms with Crippen LogP contribution < -0.4 is 0 Å². The highest BCUT2D eigenvalue weighted by Gasteiger charge is 2.24. The fourth-order valence-electron chi connectivity index (χ4n) is 2.90. The molecule has 1 atom stereocenters. The Kier molecular flexibility index (Phi) is 8.80. The summed E-state index contributed by atoms with van der Waals surface area (Å²) in [6.07, 6.45) is 4.51. The molecular formula is C22H31PS3. The van der Waals surface area contributed by atoms with Gasteiger partial charge in [-0.15, -0.1) is 23.1 Å². The van der Waals surface area contributed by atoms with Crippen molar-refractivity contribution in [3.63, 3.8) is 0 Å². The molecule has 0 saturated carbocycles. The molecule has 142 valence electrons. The fraction of sp³-hybridized carbons (Fsp3) is 0.455. The van der Waals surface area contributed by atoms with E-state index in [0.29, 0.717) is 4.58 Å². The summed E-state index contributed by atoms with van der Waals surface area (Å²) in [7, 11) is 0. The Morgan fingerprint density at radius 1 is 0.846 bits per heavy atom. The normalized spacial score (nSPS) is 13.5. The number of aryl methyl sites for hydroxylation is 2. The Labute approximate surface area is 173 Å². The highest BCUT2D eigenvalue weighted by Crippen LogP contribution is 2.63. The first-order chi connectivity index (χ1) is 12.3. The molecule has 0 radical (unpaired) electrons. The Bertz CT molecular complexity index is 645. The second-order valence-corrected chi connectivity index (χ2v) is 19.1. The minimum absolute atomic E-state index is 0.283. The summed E-state index contributed by atoms with van der Waals surface area (Å²) in [4.78, 5) is 0. The summed E-state index contributed by atoms with van der Waals surface area (Å²) in [6, 6.07) is 21.6. The smallest absolute Gasteiger partial charge is 0.0528 e. The summed E-state index contributed by atoms with van der Waals surface area (Å²) in [6.45, 7) is 9.23. The lowest BCUT2D eigenvalue weighted by Crippen LogP contribution is -2.12. The SMILES string of the molecule is CC(SC(C)(C)C)SP(=S)(CCc1ccccc1)CCc1ccccc1. The average Bonchev–Trinajstić information content (AvgIpc) is 2.59. The topological polar surface area (TPSA) is 0 Å². The Morgan fingerprint density at radius 2 is 1.27 bits per heavy atom. The lowest BCUT2D eigenvalue weighted by atomic mass is 10.2. The van der Waals surface area contributed by atoms with Crippen molar-refractivity contribution < 1.29 is 0 Å². The van der Waals surface area contributed by atoms with Crippen molar-refractivity contribution >= 4 is 40.2 Å². The van der Waals surface area contributed by atoms with E-state index in [-0.39, 0.29) is 4.75 Å². The maximum Gasteiger partial charge on any atom is 0.0528 e. The Balaban J connectivity index is 2.04. The molecule has 0 N–H and O–H groups in total. The van der Waals surface area contributed by atoms with Crippen molar-refractivity contribution in [2.75, 3.05) is 12.3 Å². The summed E-state index contributed by atoms with van der Waals surface area (Å²) in [5, 5.41) is -1.46. The van der Waals surface area contributed by atoms with E-state index in [4.69, 9.17) is 11.8 Å². The van der Waals surface area contributed by atoms with Gasteiger partial charge in [-0.1, -0.05) is 93.2 Å². The summed E-state index contributed by atoms with van der Waals surface area (Å²) in [5.41, 5.74) is 2.83. The molecule has 4 heteroatoms. The third kappa shape index (κ3) is 8.65. The van der Waals surface area contributed by atoms with Crippen molar-refractivity contribution in [1.82, 2.24) is 0 Å². The van der Waals surface area contributed by atoms with Crippen LogP contribution in [0.4, 0.5) is 0 Å². The third-order valence-electron chi connectivity index (χ3n) is 4.03. The first-order valence-corrected chi connectivity index (χ1v) is 14.8. The molecule has 26 heavy (non-hydrogen) atoms. The van der Waals surface area contributed by atoms with E-state index in [1.807, 2.05) is 0 Å². The van der Waals surface area contributed by atoms with Crippen LogP contribution in [0.25, 0.3) is 0 Å². The highest BCUT2D eigenvalue weighted by molar-refractivity contribution is 8.72. The van der Waals surface area contributed by atoms with E-state index in [9.17, 15) is 0 Å². The van der Waals surface area contributed by atoms with Crippen LogP contribution >= 0.6 is 28.4 Å². The lowest BCUT2D eigenvalue weighted by Gasteiger charge is -2.29. The van der Waals surface area contributed by atoms with Crippen molar-refractivity contribution in [2.45, 2.75) is 49.9 Å². The second-order valence-electron chi connectivity index (χ2n) is 7.64. The van der Waals surface area contributed by atoms with Crippen LogP contribution in [0, 0.1) is 0 Å². The fourth-order valence-corrected chi connectivity index (χ4v) is 14.0. The molecule has 0 saturated heterocycles. The minimum atomic E-state index is -1.46. The monoisotopic (exact) mass is 422 g/mol. The third-order valence-corrected chi connectivity index (χ3v) is 13.6. The predicted molar refractivity (Wildman–Crippen MR) is 129 cm³/mol. The summed E-state index contributed by atoms with van der Waals surface area (Å²) < 4.78 is 0.832. The molecule has 0 bridgehead atoms. The van der Waals surface area contributed by atoms with Crippen LogP contribution in [-0.4, -0.2) is 21.7 Å². The number of thioether (sulfide) groups is 1. The molecule has 0 amide bonds. The molecule has 0 fully saturated rings. The summed E-state index contributed by atoms with van der Waals surface area (Å²) in [5.74, 6) is 0. The largest absolute Gasteiger partial charge is 0.142 e. The Hall–Kier alpha value is -0.210. The molecule has 0 heterocycles. The van der Waals surface area contributed by atoms with Crippen LogP contribution in [0.3, 0.4) is 0 Å². The molecule has 2 rings (SSSR count). The molecule has 1 unspecified atom stereocenters. The summed E-state index contributed by atoms with van der Waals surface area (Å²) >= 11 is 10.5. The van der Waals surface area contributed by atoms with Gasteiger partial charge < -0.3 is 0 Å². The number of hydrogen-bond donors (Lipinski definition) is 0. The quantitative estimate of drug-likeness (QED) is 0.304. The molecule has 0 aliphatic heterocycles. The minimum Gasteiger partial charge on any atom is -0.142 e. The van der Waals surface area contributed by atoms with Crippen LogP contribution in [0.1, 0.15) is 38.8 Å². The zero-order chi connectivity index (χ0) is 19.0. The van der Waals surface area contributed by atoms with Gasteiger partial charge in [0.05, 0.1) is 4.58 Å². The maximum absolute atomic E-state index is 6.33. The van der Waals surface area contributed by atoms with Crippen LogP contribution in [0.5, 0.6) is 0 Å². The van der Waals surface area contributed by atoms with Gasteiger partial charge in [-0.2, -0.15) is 0 Å². The molecule has 2 aromatic carbocycles. The van der Waals surface area contributed by atoms with Crippen LogP contribution in [0.2, 0.25) is 0 Å². The second kappa shape index (κ2) is 10.4. The van der Waals surface area contributed by atoms with Gasteiger partial charge in [0.2, 0.25) is 0 Å². The van der Waals surface area contributed by atoms with E-state index in [1.54, 1.807) is 0 Å². The molecule has 0 spiro atoms. The molecular weight excluding hydrogens is 391 g/mol. The van der Waals surface area contributed by atoms with E-state index in [0.717, 1.165) is 25.2 Å².